The van der Waals surface area contributed by atoms with E-state index in [-0.39, 0.29) is 0 Å². The fourth-order valence-corrected chi connectivity index (χ4v) is 3.13. The molecule has 6 heteroatoms. The van der Waals surface area contributed by atoms with Crippen LogP contribution in [0.4, 0.5) is 10.8 Å². The molecule has 2 rings (SSSR count). The zero-order valence-electron chi connectivity index (χ0n) is 9.03. The lowest BCUT2D eigenvalue weighted by molar-refractivity contribution is 0.100. The minimum absolute atomic E-state index is 0.431. The molecule has 0 unspecified atom stereocenters. The van der Waals surface area contributed by atoms with Crippen LogP contribution in [0.25, 0.3) is 0 Å². The van der Waals surface area contributed by atoms with Crippen molar-refractivity contribution in [2.45, 2.75) is 6.92 Å². The van der Waals surface area contributed by atoms with E-state index in [1.165, 1.54) is 11.3 Å². The fraction of sp³-hybridized carbons (Fsp3) is 0.0909. The van der Waals surface area contributed by atoms with Gasteiger partial charge in [-0.3, -0.25) is 4.79 Å². The van der Waals surface area contributed by atoms with Crippen molar-refractivity contribution in [1.29, 1.82) is 0 Å². The number of hydrogen-bond donors (Lipinski definition) is 2. The molecule has 2 aromatic heterocycles. The van der Waals surface area contributed by atoms with Gasteiger partial charge in [0.05, 0.1) is 8.45 Å². The lowest BCUT2D eigenvalue weighted by Gasteiger charge is -2.04. The number of rotatable bonds is 3. The summed E-state index contributed by atoms with van der Waals surface area (Å²) in [5, 5.41) is 3.85. The van der Waals surface area contributed by atoms with Gasteiger partial charge in [0.2, 0.25) is 0 Å². The van der Waals surface area contributed by atoms with Crippen LogP contribution in [-0.2, 0) is 0 Å². The highest BCUT2D eigenvalue weighted by Gasteiger charge is 2.13. The largest absolute Gasteiger partial charge is 0.366 e. The third kappa shape index (κ3) is 2.95. The summed E-state index contributed by atoms with van der Waals surface area (Å²) < 4.78 is 1.01. The maximum atomic E-state index is 11.3. The van der Waals surface area contributed by atoms with Crippen LogP contribution < -0.4 is 11.1 Å². The predicted octanol–water partition coefficient (Wildman–Crippen LogP) is 2.90. The molecule has 0 spiro atoms. The first kappa shape index (κ1) is 12.3. The molecular formula is C11H10IN3OS. The number of aromatic nitrogens is 1. The number of aryl methyl sites for hydroxylation is 1. The number of carbonyl (C=O) groups is 1. The average Bonchev–Trinajstić information content (AvgIpc) is 2.59. The number of nitrogens with one attached hydrogen (secondary N) is 1. The van der Waals surface area contributed by atoms with E-state index in [9.17, 15) is 4.79 Å². The van der Waals surface area contributed by atoms with E-state index in [1.54, 1.807) is 6.07 Å². The lowest BCUT2D eigenvalue weighted by atomic mass is 10.3. The lowest BCUT2D eigenvalue weighted by Crippen LogP contribution is -2.11. The average molecular weight is 359 g/mol. The van der Waals surface area contributed by atoms with Crippen LogP contribution in [0.3, 0.4) is 0 Å². The molecular weight excluding hydrogens is 349 g/mol. The summed E-state index contributed by atoms with van der Waals surface area (Å²) in [6, 6.07) is 7.45. The highest BCUT2D eigenvalue weighted by molar-refractivity contribution is 14.1. The Morgan fingerprint density at radius 1 is 1.53 bits per heavy atom. The van der Waals surface area contributed by atoms with Crippen LogP contribution in [0.2, 0.25) is 0 Å². The highest BCUT2D eigenvalue weighted by atomic mass is 127. The van der Waals surface area contributed by atoms with Crippen molar-refractivity contribution in [1.82, 2.24) is 4.98 Å². The van der Waals surface area contributed by atoms with Gasteiger partial charge in [0, 0.05) is 5.69 Å². The Balaban J connectivity index is 2.32. The summed E-state index contributed by atoms with van der Waals surface area (Å²) in [6.07, 6.45) is 0. The molecule has 1 amide bonds. The first-order valence-corrected chi connectivity index (χ1v) is 6.75. The van der Waals surface area contributed by atoms with E-state index in [0.717, 1.165) is 13.6 Å². The van der Waals surface area contributed by atoms with Gasteiger partial charge in [0.1, 0.15) is 10.8 Å². The molecule has 0 aliphatic heterocycles. The zero-order valence-corrected chi connectivity index (χ0v) is 12.0. The summed E-state index contributed by atoms with van der Waals surface area (Å²) in [5.41, 5.74) is 6.74. The Kier molecular flexibility index (Phi) is 3.63. The molecule has 88 valence electrons. The van der Waals surface area contributed by atoms with Gasteiger partial charge in [-0.2, -0.15) is 0 Å². The molecule has 0 radical (unpaired) electrons. The van der Waals surface area contributed by atoms with Crippen LogP contribution in [0.15, 0.2) is 24.3 Å². The minimum Gasteiger partial charge on any atom is -0.366 e. The summed E-state index contributed by atoms with van der Waals surface area (Å²) in [7, 11) is 0. The number of carbonyl (C=O) groups excluding carboxylic acids is 1. The van der Waals surface area contributed by atoms with E-state index in [4.69, 9.17) is 5.73 Å². The molecule has 0 aliphatic carbocycles. The van der Waals surface area contributed by atoms with Gasteiger partial charge < -0.3 is 11.1 Å². The van der Waals surface area contributed by atoms with E-state index >= 15 is 0 Å². The van der Waals surface area contributed by atoms with Crippen molar-refractivity contribution in [2.75, 3.05) is 5.32 Å². The normalized spacial score (nSPS) is 10.2. The van der Waals surface area contributed by atoms with Crippen LogP contribution in [0.5, 0.6) is 0 Å². The Morgan fingerprint density at radius 3 is 2.94 bits per heavy atom. The number of pyridine rings is 1. The molecule has 0 aromatic carbocycles. The monoisotopic (exact) mass is 359 g/mol. The number of nitrogens with two attached hydrogens (primary N) is 1. The Hall–Kier alpha value is -1.15. The fourth-order valence-electron chi connectivity index (χ4n) is 1.37. The van der Waals surface area contributed by atoms with Crippen molar-refractivity contribution in [3.05, 3.63) is 38.4 Å². The second-order valence-electron chi connectivity index (χ2n) is 3.45. The summed E-state index contributed by atoms with van der Waals surface area (Å²) in [4.78, 5) is 15.6. The molecule has 17 heavy (non-hydrogen) atoms. The number of halogens is 1. The van der Waals surface area contributed by atoms with Crippen molar-refractivity contribution < 1.29 is 4.79 Å². The second-order valence-corrected chi connectivity index (χ2v) is 6.39. The standard InChI is InChI=1S/C11H10IN3OS/c1-6-3-2-4-9(14-6)15-11-7(10(13)16)5-8(12)17-11/h2-5H,1H3,(H2,13,16)(H,14,15). The van der Waals surface area contributed by atoms with Crippen LogP contribution in [0.1, 0.15) is 16.1 Å². The van der Waals surface area contributed by atoms with Gasteiger partial charge in [-0.25, -0.2) is 4.98 Å². The van der Waals surface area contributed by atoms with Gasteiger partial charge >= 0.3 is 0 Å². The minimum atomic E-state index is -0.431. The Bertz CT molecular complexity index is 568. The quantitative estimate of drug-likeness (QED) is 0.829. The molecule has 0 saturated heterocycles. The predicted molar refractivity (Wildman–Crippen MR) is 77.8 cm³/mol. The van der Waals surface area contributed by atoms with E-state index in [1.807, 2.05) is 25.1 Å². The summed E-state index contributed by atoms with van der Waals surface area (Å²) in [5.74, 6) is 0.282. The van der Waals surface area contributed by atoms with Gasteiger partial charge in [0.25, 0.3) is 5.91 Å². The number of nitrogens with zero attached hydrogens (tertiary/aromatic N) is 1. The smallest absolute Gasteiger partial charge is 0.251 e. The topological polar surface area (TPSA) is 68.0 Å². The summed E-state index contributed by atoms with van der Waals surface area (Å²) in [6.45, 7) is 1.92. The maximum Gasteiger partial charge on any atom is 0.251 e. The Labute approximate surface area is 116 Å². The second kappa shape index (κ2) is 5.01. The van der Waals surface area contributed by atoms with Crippen molar-refractivity contribution in [2.24, 2.45) is 5.73 Å². The van der Waals surface area contributed by atoms with Gasteiger partial charge in [-0.1, -0.05) is 6.07 Å². The molecule has 3 N–H and O–H groups in total. The van der Waals surface area contributed by atoms with E-state index in [0.29, 0.717) is 11.4 Å². The number of hydrogen-bond acceptors (Lipinski definition) is 4. The molecule has 2 heterocycles. The number of anilines is 2. The third-order valence-electron chi connectivity index (χ3n) is 2.10. The highest BCUT2D eigenvalue weighted by Crippen LogP contribution is 2.31. The number of amides is 1. The summed E-state index contributed by atoms with van der Waals surface area (Å²) >= 11 is 3.64. The van der Waals surface area contributed by atoms with Crippen molar-refractivity contribution in [3.8, 4) is 0 Å². The first-order valence-electron chi connectivity index (χ1n) is 4.86. The number of primary amides is 1. The first-order chi connectivity index (χ1) is 8.06. The van der Waals surface area contributed by atoms with E-state index < -0.39 is 5.91 Å². The van der Waals surface area contributed by atoms with Gasteiger partial charge in [-0.05, 0) is 47.7 Å². The van der Waals surface area contributed by atoms with Crippen molar-refractivity contribution in [3.63, 3.8) is 0 Å². The SMILES string of the molecule is Cc1cccc(Nc2sc(I)cc2C(N)=O)n1. The van der Waals surface area contributed by atoms with Crippen LogP contribution >= 0.6 is 33.9 Å². The van der Waals surface area contributed by atoms with Gasteiger partial charge in [0.15, 0.2) is 0 Å². The molecule has 2 aromatic rings. The molecule has 0 saturated carbocycles. The van der Waals surface area contributed by atoms with Crippen molar-refractivity contribution >= 4 is 50.7 Å². The molecule has 0 aliphatic rings. The molecule has 0 atom stereocenters. The van der Waals surface area contributed by atoms with Crippen LogP contribution in [0, 0.1) is 9.81 Å². The molecule has 0 bridgehead atoms. The number of thiophene rings is 1. The zero-order chi connectivity index (χ0) is 12.4. The third-order valence-corrected chi connectivity index (χ3v) is 3.91. The Morgan fingerprint density at radius 2 is 2.29 bits per heavy atom. The van der Waals surface area contributed by atoms with Gasteiger partial charge in [-0.15, -0.1) is 11.3 Å². The van der Waals surface area contributed by atoms with E-state index in [2.05, 4.69) is 32.9 Å². The van der Waals surface area contributed by atoms with Crippen LogP contribution in [-0.4, -0.2) is 10.9 Å². The molecule has 0 fully saturated rings. The maximum absolute atomic E-state index is 11.3. The molecule has 4 nitrogen and oxygen atoms in total.